The van der Waals surface area contributed by atoms with Crippen LogP contribution in [0.1, 0.15) is 26.2 Å². The number of rotatable bonds is 3. The van der Waals surface area contributed by atoms with Crippen LogP contribution in [0.5, 0.6) is 0 Å². The SMILES string of the molecule is CCCC[C@H]1OC(O)[C@H]2[C@@H]1[C@@H]1C=C[C@H]2O1. The Morgan fingerprint density at radius 2 is 1.87 bits per heavy atom. The number of ether oxygens (including phenoxy) is 2. The van der Waals surface area contributed by atoms with Gasteiger partial charge in [0.05, 0.1) is 18.3 Å². The predicted molar refractivity (Wildman–Crippen MR) is 55.2 cm³/mol. The summed E-state index contributed by atoms with van der Waals surface area (Å²) >= 11 is 0. The first-order chi connectivity index (χ1) is 7.31. The van der Waals surface area contributed by atoms with E-state index in [4.69, 9.17) is 9.47 Å². The van der Waals surface area contributed by atoms with Crippen molar-refractivity contribution in [1.29, 1.82) is 0 Å². The minimum absolute atomic E-state index is 0.0987. The molecule has 84 valence electrons. The Balaban J connectivity index is 1.75. The summed E-state index contributed by atoms with van der Waals surface area (Å²) in [5.74, 6) is 0.573. The fourth-order valence-corrected chi connectivity index (χ4v) is 3.21. The third kappa shape index (κ3) is 1.37. The molecular weight excluding hydrogens is 192 g/mol. The molecule has 2 saturated heterocycles. The average Bonchev–Trinajstić information content (AvgIpc) is 2.88. The van der Waals surface area contributed by atoms with Crippen molar-refractivity contribution < 1.29 is 14.6 Å². The van der Waals surface area contributed by atoms with Crippen molar-refractivity contribution in [2.45, 2.75) is 50.8 Å². The lowest BCUT2D eigenvalue weighted by molar-refractivity contribution is -0.129. The monoisotopic (exact) mass is 210 g/mol. The van der Waals surface area contributed by atoms with Gasteiger partial charge < -0.3 is 14.6 Å². The molecule has 0 aromatic rings. The highest BCUT2D eigenvalue weighted by molar-refractivity contribution is 5.18. The van der Waals surface area contributed by atoms with Crippen LogP contribution < -0.4 is 0 Å². The van der Waals surface area contributed by atoms with Crippen LogP contribution in [0.25, 0.3) is 0 Å². The van der Waals surface area contributed by atoms with E-state index in [2.05, 4.69) is 19.1 Å². The largest absolute Gasteiger partial charge is 0.368 e. The summed E-state index contributed by atoms with van der Waals surface area (Å²) in [4.78, 5) is 0. The van der Waals surface area contributed by atoms with Gasteiger partial charge in [0.25, 0.3) is 0 Å². The van der Waals surface area contributed by atoms with Gasteiger partial charge in [-0.2, -0.15) is 0 Å². The first-order valence-corrected chi connectivity index (χ1v) is 5.98. The van der Waals surface area contributed by atoms with Crippen molar-refractivity contribution in [3.63, 3.8) is 0 Å². The maximum Gasteiger partial charge on any atom is 0.161 e. The van der Waals surface area contributed by atoms with Crippen LogP contribution in [0.2, 0.25) is 0 Å². The summed E-state index contributed by atoms with van der Waals surface area (Å²) in [5.41, 5.74) is 0. The van der Waals surface area contributed by atoms with E-state index in [1.165, 1.54) is 12.8 Å². The molecule has 2 bridgehead atoms. The van der Waals surface area contributed by atoms with Gasteiger partial charge in [-0.15, -0.1) is 0 Å². The highest BCUT2D eigenvalue weighted by atomic mass is 16.6. The van der Waals surface area contributed by atoms with E-state index in [1.54, 1.807) is 0 Å². The average molecular weight is 210 g/mol. The third-order valence-electron chi connectivity index (χ3n) is 3.92. The summed E-state index contributed by atoms with van der Waals surface area (Å²) in [6, 6.07) is 0. The molecule has 6 atom stereocenters. The lowest BCUT2D eigenvalue weighted by Gasteiger charge is -2.20. The molecule has 0 amide bonds. The molecule has 0 aromatic carbocycles. The maximum atomic E-state index is 9.86. The third-order valence-corrected chi connectivity index (χ3v) is 3.92. The molecular formula is C12H18O3. The number of hydrogen-bond acceptors (Lipinski definition) is 3. The van der Waals surface area contributed by atoms with E-state index >= 15 is 0 Å². The Kier molecular flexibility index (Phi) is 2.34. The molecule has 3 heteroatoms. The minimum atomic E-state index is -0.614. The molecule has 2 fully saturated rings. The molecule has 0 aliphatic carbocycles. The van der Waals surface area contributed by atoms with Crippen molar-refractivity contribution in [1.82, 2.24) is 0 Å². The molecule has 15 heavy (non-hydrogen) atoms. The topological polar surface area (TPSA) is 38.7 Å². The molecule has 3 nitrogen and oxygen atoms in total. The second kappa shape index (κ2) is 3.58. The number of unbranched alkanes of at least 4 members (excludes halogenated alkanes) is 1. The van der Waals surface area contributed by atoms with E-state index in [0.29, 0.717) is 5.92 Å². The minimum Gasteiger partial charge on any atom is -0.368 e. The number of aliphatic hydroxyl groups excluding tert-OH is 1. The zero-order valence-corrected chi connectivity index (χ0v) is 9.00. The van der Waals surface area contributed by atoms with Gasteiger partial charge in [-0.25, -0.2) is 0 Å². The van der Waals surface area contributed by atoms with E-state index in [-0.39, 0.29) is 24.2 Å². The molecule has 1 unspecified atom stereocenters. The predicted octanol–water partition coefficient (Wildman–Crippen LogP) is 1.46. The van der Waals surface area contributed by atoms with Gasteiger partial charge in [0.1, 0.15) is 0 Å². The smallest absolute Gasteiger partial charge is 0.161 e. The van der Waals surface area contributed by atoms with E-state index in [9.17, 15) is 5.11 Å². The van der Waals surface area contributed by atoms with Crippen molar-refractivity contribution in [3.8, 4) is 0 Å². The normalized spacial score (nSPS) is 51.3. The summed E-state index contributed by atoms with van der Waals surface area (Å²) in [6.07, 6.45) is 7.48. The summed E-state index contributed by atoms with van der Waals surface area (Å²) in [6.45, 7) is 2.18. The second-order valence-corrected chi connectivity index (χ2v) is 4.81. The van der Waals surface area contributed by atoms with Crippen LogP contribution in [-0.2, 0) is 9.47 Å². The molecule has 0 aromatic heterocycles. The lowest BCUT2D eigenvalue weighted by Crippen LogP contribution is -2.29. The van der Waals surface area contributed by atoms with Gasteiger partial charge in [0.2, 0.25) is 0 Å². The highest BCUT2D eigenvalue weighted by Crippen LogP contribution is 2.49. The zero-order valence-electron chi connectivity index (χ0n) is 9.00. The Bertz CT molecular complexity index is 276. The summed E-state index contributed by atoms with van der Waals surface area (Å²) in [5, 5.41) is 9.86. The van der Waals surface area contributed by atoms with Crippen molar-refractivity contribution >= 4 is 0 Å². The molecule has 3 heterocycles. The van der Waals surface area contributed by atoms with Crippen LogP contribution in [0.3, 0.4) is 0 Å². The van der Waals surface area contributed by atoms with Gasteiger partial charge in [-0.05, 0) is 6.42 Å². The molecule has 3 aliphatic heterocycles. The Hall–Kier alpha value is -0.380. The Morgan fingerprint density at radius 1 is 1.13 bits per heavy atom. The summed E-state index contributed by atoms with van der Waals surface area (Å²) in [7, 11) is 0. The molecule has 3 aliphatic rings. The van der Waals surface area contributed by atoms with E-state index < -0.39 is 6.29 Å². The van der Waals surface area contributed by atoms with E-state index in [1.807, 2.05) is 0 Å². The summed E-state index contributed by atoms with van der Waals surface area (Å²) < 4.78 is 11.4. The molecule has 1 N–H and O–H groups in total. The second-order valence-electron chi connectivity index (χ2n) is 4.81. The van der Waals surface area contributed by atoms with Crippen LogP contribution in [0, 0.1) is 11.8 Å². The fourth-order valence-electron chi connectivity index (χ4n) is 3.21. The van der Waals surface area contributed by atoms with Crippen LogP contribution >= 0.6 is 0 Å². The zero-order chi connectivity index (χ0) is 10.4. The van der Waals surface area contributed by atoms with Gasteiger partial charge in [-0.1, -0.05) is 31.9 Å². The maximum absolute atomic E-state index is 9.86. The molecule has 0 radical (unpaired) electrons. The lowest BCUT2D eigenvalue weighted by atomic mass is 9.80. The van der Waals surface area contributed by atoms with E-state index in [0.717, 1.165) is 6.42 Å². The molecule has 0 spiro atoms. The van der Waals surface area contributed by atoms with Gasteiger partial charge in [0.15, 0.2) is 6.29 Å². The van der Waals surface area contributed by atoms with Crippen LogP contribution in [0.4, 0.5) is 0 Å². The fraction of sp³-hybridized carbons (Fsp3) is 0.833. The Labute approximate surface area is 90.1 Å². The molecule has 3 rings (SSSR count). The number of hydrogen-bond donors (Lipinski definition) is 1. The van der Waals surface area contributed by atoms with Gasteiger partial charge in [-0.3, -0.25) is 0 Å². The van der Waals surface area contributed by atoms with Gasteiger partial charge >= 0.3 is 0 Å². The number of aliphatic hydroxyl groups is 1. The van der Waals surface area contributed by atoms with Crippen molar-refractivity contribution in [2.75, 3.05) is 0 Å². The Morgan fingerprint density at radius 3 is 2.60 bits per heavy atom. The highest BCUT2D eigenvalue weighted by Gasteiger charge is 2.57. The quantitative estimate of drug-likeness (QED) is 0.717. The van der Waals surface area contributed by atoms with Crippen LogP contribution in [-0.4, -0.2) is 29.7 Å². The number of fused-ring (bicyclic) bond motifs is 5. The molecule has 0 saturated carbocycles. The van der Waals surface area contributed by atoms with Gasteiger partial charge in [0, 0.05) is 11.8 Å². The first kappa shape index (κ1) is 9.82. The first-order valence-electron chi connectivity index (χ1n) is 5.98. The van der Waals surface area contributed by atoms with Crippen LogP contribution in [0.15, 0.2) is 12.2 Å². The van der Waals surface area contributed by atoms with Crippen molar-refractivity contribution in [3.05, 3.63) is 12.2 Å². The standard InChI is InChI=1S/C12H18O3/c1-2-3-4-7-10-8-5-6-9(14-8)11(10)12(13)15-7/h5-13H,2-4H2,1H3/t7-,8+,9-,10+,11-,12?/m1/s1. The van der Waals surface area contributed by atoms with Crippen molar-refractivity contribution in [2.24, 2.45) is 11.8 Å².